The van der Waals surface area contributed by atoms with Crippen LogP contribution in [0.3, 0.4) is 0 Å². The number of benzene rings is 1. The average molecular weight is 390 g/mol. The van der Waals surface area contributed by atoms with Crippen LogP contribution in [0.2, 0.25) is 0 Å². The first-order valence-corrected chi connectivity index (χ1v) is 8.43. The Labute approximate surface area is 155 Å². The molecule has 0 unspecified atom stereocenters. The summed E-state index contributed by atoms with van der Waals surface area (Å²) in [5.74, 6) is -0.498. The molecule has 28 heavy (non-hydrogen) atoms. The number of hydrogen-bond acceptors (Lipinski definition) is 4. The number of nitrogens with zero attached hydrogens (tertiary/aromatic N) is 1. The molecule has 2 aromatic heterocycles. The summed E-state index contributed by atoms with van der Waals surface area (Å²) < 4.78 is 46.7. The van der Waals surface area contributed by atoms with Crippen LogP contribution in [0.5, 0.6) is 11.8 Å². The first kappa shape index (κ1) is 16.9. The molecule has 2 bridgehead atoms. The van der Waals surface area contributed by atoms with Crippen LogP contribution in [0.1, 0.15) is 34.5 Å². The van der Waals surface area contributed by atoms with Crippen LogP contribution in [0.25, 0.3) is 16.6 Å². The van der Waals surface area contributed by atoms with Crippen LogP contribution in [0.4, 0.5) is 13.2 Å². The summed E-state index contributed by atoms with van der Waals surface area (Å²) in [5.41, 5.74) is -0.543. The molecule has 0 fully saturated rings. The predicted molar refractivity (Wildman–Crippen MR) is 92.7 cm³/mol. The van der Waals surface area contributed by atoms with Gasteiger partial charge in [0.2, 0.25) is 17.3 Å². The Morgan fingerprint density at radius 3 is 2.29 bits per heavy atom. The smallest absolute Gasteiger partial charge is 0.417 e. The Kier molecular flexibility index (Phi) is 3.14. The Balaban J connectivity index is 1.79. The Hall–Kier alpha value is -3.20. The van der Waals surface area contributed by atoms with Crippen molar-refractivity contribution in [3.05, 3.63) is 63.0 Å². The summed E-state index contributed by atoms with van der Waals surface area (Å²) in [6, 6.07) is 3.10. The van der Waals surface area contributed by atoms with Gasteiger partial charge >= 0.3 is 6.18 Å². The standard InChI is InChI=1S/C19H13F3N2O4/c1-7-10(3-2-8-9(19(20,21)22)6-13(25)23-16(7)8)24-17(26)14-11-4-5-12(28-11)15(14)18(24)27/h2-6,11-12,26-27H,1H3,(H,23,25)/t11-,12+. The van der Waals surface area contributed by atoms with E-state index in [1.165, 1.54) is 19.1 Å². The van der Waals surface area contributed by atoms with Gasteiger partial charge in [-0.3, -0.25) is 9.36 Å². The van der Waals surface area contributed by atoms with Gasteiger partial charge in [0.05, 0.1) is 27.9 Å². The molecular weight excluding hydrogens is 377 g/mol. The molecule has 1 aromatic carbocycles. The second-order valence-corrected chi connectivity index (χ2v) is 6.85. The lowest BCUT2D eigenvalue weighted by Gasteiger charge is -2.16. The number of ether oxygens (including phenoxy) is 1. The minimum absolute atomic E-state index is 0.0117. The molecule has 0 saturated heterocycles. The molecule has 3 aromatic rings. The average Bonchev–Trinajstić information content (AvgIpc) is 3.29. The normalized spacial score (nSPS) is 20.3. The van der Waals surface area contributed by atoms with E-state index in [1.54, 1.807) is 12.2 Å². The topological polar surface area (TPSA) is 87.5 Å². The molecule has 0 spiro atoms. The van der Waals surface area contributed by atoms with E-state index in [-0.39, 0.29) is 33.9 Å². The molecule has 9 heteroatoms. The third kappa shape index (κ3) is 2.04. The maximum absolute atomic E-state index is 13.3. The van der Waals surface area contributed by atoms with Crippen LogP contribution in [-0.2, 0) is 10.9 Å². The van der Waals surface area contributed by atoms with Gasteiger partial charge in [-0.1, -0.05) is 18.2 Å². The van der Waals surface area contributed by atoms with Crippen molar-refractivity contribution < 1.29 is 28.1 Å². The van der Waals surface area contributed by atoms with Crippen molar-refractivity contribution in [1.29, 1.82) is 0 Å². The number of rotatable bonds is 1. The number of pyridine rings is 1. The predicted octanol–water partition coefficient (Wildman–Crippen LogP) is 3.74. The molecule has 0 amide bonds. The second kappa shape index (κ2) is 5.20. The highest BCUT2D eigenvalue weighted by atomic mass is 19.4. The monoisotopic (exact) mass is 390 g/mol. The number of H-pyrrole nitrogens is 1. The number of aromatic hydroxyl groups is 2. The molecule has 3 N–H and O–H groups in total. The number of aromatic nitrogens is 2. The van der Waals surface area contributed by atoms with Crippen molar-refractivity contribution in [2.24, 2.45) is 0 Å². The highest BCUT2D eigenvalue weighted by Crippen LogP contribution is 2.55. The molecule has 144 valence electrons. The largest absolute Gasteiger partial charge is 0.494 e. The minimum Gasteiger partial charge on any atom is -0.494 e. The number of nitrogens with one attached hydrogen (secondary N) is 1. The lowest BCUT2D eigenvalue weighted by molar-refractivity contribution is -0.136. The van der Waals surface area contributed by atoms with E-state index in [0.29, 0.717) is 17.2 Å². The van der Waals surface area contributed by atoms with Crippen molar-refractivity contribution in [1.82, 2.24) is 9.55 Å². The highest BCUT2D eigenvalue weighted by molar-refractivity contribution is 5.88. The van der Waals surface area contributed by atoms with Crippen LogP contribution in [0, 0.1) is 6.92 Å². The van der Waals surface area contributed by atoms with Crippen molar-refractivity contribution in [2.45, 2.75) is 25.3 Å². The quantitative estimate of drug-likeness (QED) is 0.553. The number of alkyl halides is 3. The number of halogens is 3. The summed E-state index contributed by atoms with van der Waals surface area (Å²) in [5, 5.41) is 21.2. The van der Waals surface area contributed by atoms with E-state index in [9.17, 15) is 28.2 Å². The van der Waals surface area contributed by atoms with Crippen LogP contribution < -0.4 is 5.56 Å². The summed E-state index contributed by atoms with van der Waals surface area (Å²) in [6.45, 7) is 1.51. The fraction of sp³-hybridized carbons (Fsp3) is 0.211. The van der Waals surface area contributed by atoms with E-state index in [2.05, 4.69) is 4.98 Å². The lowest BCUT2D eigenvalue weighted by atomic mass is 10.0. The van der Waals surface area contributed by atoms with Gasteiger partial charge in [-0.2, -0.15) is 13.2 Å². The van der Waals surface area contributed by atoms with Gasteiger partial charge in [0.25, 0.3) is 0 Å². The van der Waals surface area contributed by atoms with Crippen LogP contribution in [-0.4, -0.2) is 19.8 Å². The van der Waals surface area contributed by atoms with E-state index in [4.69, 9.17) is 4.74 Å². The van der Waals surface area contributed by atoms with Gasteiger partial charge in [0.15, 0.2) is 0 Å². The molecule has 5 rings (SSSR count). The third-order valence-corrected chi connectivity index (χ3v) is 5.32. The fourth-order valence-electron chi connectivity index (χ4n) is 4.08. The first-order chi connectivity index (χ1) is 13.2. The number of aromatic amines is 1. The third-order valence-electron chi connectivity index (χ3n) is 5.32. The molecule has 2 aliphatic heterocycles. The molecule has 4 heterocycles. The fourth-order valence-corrected chi connectivity index (χ4v) is 4.08. The molecular formula is C19H13F3N2O4. The van der Waals surface area contributed by atoms with Gasteiger partial charge < -0.3 is 19.9 Å². The van der Waals surface area contributed by atoms with E-state index >= 15 is 0 Å². The first-order valence-electron chi connectivity index (χ1n) is 8.43. The van der Waals surface area contributed by atoms with Crippen molar-refractivity contribution in [2.75, 3.05) is 0 Å². The number of hydrogen-bond donors (Lipinski definition) is 3. The zero-order valence-corrected chi connectivity index (χ0v) is 14.3. The van der Waals surface area contributed by atoms with Crippen molar-refractivity contribution in [3.8, 4) is 17.4 Å². The maximum Gasteiger partial charge on any atom is 0.417 e. The van der Waals surface area contributed by atoms with E-state index in [0.717, 1.165) is 4.57 Å². The van der Waals surface area contributed by atoms with Crippen molar-refractivity contribution >= 4 is 10.9 Å². The molecule has 2 atom stereocenters. The molecule has 0 radical (unpaired) electrons. The van der Waals surface area contributed by atoms with E-state index < -0.39 is 29.5 Å². The Morgan fingerprint density at radius 2 is 1.71 bits per heavy atom. The SMILES string of the molecule is Cc1c(-n2c(O)c3c(c2O)[C@H]2C=C[C@@H]3O2)ccc2c(C(F)(F)F)cc(=O)[nH]c12. The molecule has 0 saturated carbocycles. The summed E-state index contributed by atoms with van der Waals surface area (Å²) in [6.07, 6.45) is -2.14. The van der Waals surface area contributed by atoms with Gasteiger partial charge in [-0.15, -0.1) is 0 Å². The zero-order chi connectivity index (χ0) is 20.0. The highest BCUT2D eigenvalue weighted by Gasteiger charge is 2.42. The van der Waals surface area contributed by atoms with Crippen molar-refractivity contribution in [3.63, 3.8) is 0 Å². The Morgan fingerprint density at radius 1 is 1.11 bits per heavy atom. The van der Waals surface area contributed by atoms with Gasteiger partial charge in [-0.05, 0) is 18.6 Å². The Bertz CT molecular complexity index is 1220. The van der Waals surface area contributed by atoms with Gasteiger partial charge in [0, 0.05) is 11.5 Å². The van der Waals surface area contributed by atoms with Crippen LogP contribution in [0.15, 0.2) is 35.1 Å². The van der Waals surface area contributed by atoms with E-state index in [1.807, 2.05) is 0 Å². The number of fused-ring (bicyclic) bond motifs is 6. The number of aryl methyl sites for hydroxylation is 1. The van der Waals surface area contributed by atoms with Crippen LogP contribution >= 0.6 is 0 Å². The summed E-state index contributed by atoms with van der Waals surface area (Å²) in [7, 11) is 0. The van der Waals surface area contributed by atoms with Gasteiger partial charge in [0.1, 0.15) is 12.2 Å². The zero-order valence-electron chi connectivity index (χ0n) is 14.3. The molecule has 0 aliphatic carbocycles. The van der Waals surface area contributed by atoms with Gasteiger partial charge in [-0.25, -0.2) is 0 Å². The maximum atomic E-state index is 13.3. The lowest BCUT2D eigenvalue weighted by Crippen LogP contribution is -2.15. The minimum atomic E-state index is -4.69. The molecule has 6 nitrogen and oxygen atoms in total. The second-order valence-electron chi connectivity index (χ2n) is 6.85. The molecule has 2 aliphatic rings. The summed E-state index contributed by atoms with van der Waals surface area (Å²) >= 11 is 0. The summed E-state index contributed by atoms with van der Waals surface area (Å²) in [4.78, 5) is 14.2.